The number of halogens is 1. The molecule has 0 aliphatic heterocycles. The summed E-state index contributed by atoms with van der Waals surface area (Å²) in [4.78, 5) is 16.3. The largest absolute Gasteiger partial charge is 0.354 e. The molecule has 25 heavy (non-hydrogen) atoms. The van der Waals surface area contributed by atoms with Crippen molar-refractivity contribution in [3.63, 3.8) is 0 Å². The maximum Gasteiger partial charge on any atom is 0.256 e. The van der Waals surface area contributed by atoms with Crippen molar-refractivity contribution >= 4 is 23.1 Å². The van der Waals surface area contributed by atoms with Gasteiger partial charge in [0.1, 0.15) is 11.6 Å². The van der Waals surface area contributed by atoms with Crippen LogP contribution in [0.15, 0.2) is 60.8 Å². The first-order chi connectivity index (χ1) is 12.0. The van der Waals surface area contributed by atoms with Crippen LogP contribution in [-0.2, 0) is 0 Å². The Balaban J connectivity index is 1.68. The lowest BCUT2D eigenvalue weighted by Crippen LogP contribution is -2.13. The lowest BCUT2D eigenvalue weighted by molar-refractivity contribution is 0.102. The SMILES string of the molecule is Cc1cc(C)cc(Nc2ccc(NC(=O)c3cccc(F)c3)nc2)c1. The van der Waals surface area contributed by atoms with Crippen LogP contribution in [0.3, 0.4) is 0 Å². The molecule has 3 rings (SSSR count). The van der Waals surface area contributed by atoms with Gasteiger partial charge in [0.2, 0.25) is 0 Å². The lowest BCUT2D eigenvalue weighted by Gasteiger charge is -2.09. The van der Waals surface area contributed by atoms with Crippen molar-refractivity contribution in [3.8, 4) is 0 Å². The third kappa shape index (κ3) is 4.41. The van der Waals surface area contributed by atoms with Crippen LogP contribution in [0, 0.1) is 19.7 Å². The number of nitrogens with one attached hydrogen (secondary N) is 2. The molecule has 0 aliphatic rings. The van der Waals surface area contributed by atoms with Gasteiger partial charge in [-0.05, 0) is 67.4 Å². The second-order valence-corrected chi connectivity index (χ2v) is 5.90. The van der Waals surface area contributed by atoms with Crippen molar-refractivity contribution in [2.24, 2.45) is 0 Å². The molecule has 5 heteroatoms. The van der Waals surface area contributed by atoms with Gasteiger partial charge in [-0.1, -0.05) is 12.1 Å². The molecule has 0 aliphatic carbocycles. The van der Waals surface area contributed by atoms with Crippen LogP contribution in [0.5, 0.6) is 0 Å². The quantitative estimate of drug-likeness (QED) is 0.718. The van der Waals surface area contributed by atoms with E-state index in [4.69, 9.17) is 0 Å². The molecule has 126 valence electrons. The second kappa shape index (κ2) is 7.13. The van der Waals surface area contributed by atoms with Crippen LogP contribution in [0.2, 0.25) is 0 Å². The Morgan fingerprint density at radius 2 is 1.72 bits per heavy atom. The lowest BCUT2D eigenvalue weighted by atomic mass is 10.1. The number of benzene rings is 2. The summed E-state index contributed by atoms with van der Waals surface area (Å²) in [7, 11) is 0. The maximum atomic E-state index is 13.2. The average Bonchev–Trinajstić information content (AvgIpc) is 2.56. The number of nitrogens with zero attached hydrogens (tertiary/aromatic N) is 1. The zero-order valence-electron chi connectivity index (χ0n) is 14.0. The normalized spacial score (nSPS) is 10.4. The minimum absolute atomic E-state index is 0.249. The van der Waals surface area contributed by atoms with Gasteiger partial charge in [-0.25, -0.2) is 9.37 Å². The first-order valence-electron chi connectivity index (χ1n) is 7.88. The summed E-state index contributed by atoms with van der Waals surface area (Å²) in [5.41, 5.74) is 4.40. The van der Waals surface area contributed by atoms with Crippen LogP contribution >= 0.6 is 0 Å². The van der Waals surface area contributed by atoms with Crippen LogP contribution in [-0.4, -0.2) is 10.9 Å². The minimum Gasteiger partial charge on any atom is -0.354 e. The van der Waals surface area contributed by atoms with E-state index >= 15 is 0 Å². The van der Waals surface area contributed by atoms with Gasteiger partial charge in [0, 0.05) is 11.3 Å². The average molecular weight is 335 g/mol. The van der Waals surface area contributed by atoms with E-state index in [1.54, 1.807) is 18.3 Å². The Hall–Kier alpha value is -3.21. The fourth-order valence-corrected chi connectivity index (χ4v) is 2.57. The maximum absolute atomic E-state index is 13.2. The third-order valence-corrected chi connectivity index (χ3v) is 3.60. The molecular formula is C20H18FN3O. The molecule has 0 saturated carbocycles. The fourth-order valence-electron chi connectivity index (χ4n) is 2.57. The van der Waals surface area contributed by atoms with Crippen molar-refractivity contribution < 1.29 is 9.18 Å². The van der Waals surface area contributed by atoms with Crippen molar-refractivity contribution in [3.05, 3.63) is 83.3 Å². The Kier molecular flexibility index (Phi) is 4.75. The van der Waals surface area contributed by atoms with Crippen molar-refractivity contribution in [2.75, 3.05) is 10.6 Å². The molecule has 0 bridgehead atoms. The number of carbonyl (C=O) groups excluding carboxylic acids is 1. The van der Waals surface area contributed by atoms with Gasteiger partial charge in [0.15, 0.2) is 0 Å². The van der Waals surface area contributed by atoms with E-state index in [2.05, 4.69) is 21.7 Å². The summed E-state index contributed by atoms with van der Waals surface area (Å²) in [6.45, 7) is 4.09. The molecule has 0 fully saturated rings. The number of hydrogen-bond acceptors (Lipinski definition) is 3. The highest BCUT2D eigenvalue weighted by Gasteiger charge is 2.07. The van der Waals surface area contributed by atoms with Crippen LogP contribution in [0.4, 0.5) is 21.6 Å². The summed E-state index contributed by atoms with van der Waals surface area (Å²) >= 11 is 0. The van der Waals surface area contributed by atoms with E-state index in [-0.39, 0.29) is 5.56 Å². The molecule has 1 heterocycles. The molecular weight excluding hydrogens is 317 g/mol. The monoisotopic (exact) mass is 335 g/mol. The van der Waals surface area contributed by atoms with Gasteiger partial charge in [0.05, 0.1) is 11.9 Å². The van der Waals surface area contributed by atoms with Crippen LogP contribution < -0.4 is 10.6 Å². The molecule has 0 unspecified atom stereocenters. The summed E-state index contributed by atoms with van der Waals surface area (Å²) in [6, 6.07) is 15.2. The van der Waals surface area contributed by atoms with Gasteiger partial charge >= 0.3 is 0 Å². The molecule has 4 nitrogen and oxygen atoms in total. The standard InChI is InChI=1S/C20H18FN3O/c1-13-8-14(2)10-18(9-13)23-17-6-7-19(22-12-17)24-20(25)15-4-3-5-16(21)11-15/h3-12,23H,1-2H3,(H,22,24,25). The van der Waals surface area contributed by atoms with Crippen molar-refractivity contribution in [1.82, 2.24) is 4.98 Å². The summed E-state index contributed by atoms with van der Waals surface area (Å²) in [5, 5.41) is 5.93. The van der Waals surface area contributed by atoms with Crippen molar-refractivity contribution in [2.45, 2.75) is 13.8 Å². The molecule has 0 atom stereocenters. The Morgan fingerprint density at radius 1 is 0.960 bits per heavy atom. The van der Waals surface area contributed by atoms with E-state index in [0.29, 0.717) is 5.82 Å². The predicted octanol–water partition coefficient (Wildman–Crippen LogP) is 4.83. The smallest absolute Gasteiger partial charge is 0.256 e. The number of carbonyl (C=O) groups is 1. The van der Waals surface area contributed by atoms with Gasteiger partial charge in [-0.15, -0.1) is 0 Å². The van der Waals surface area contributed by atoms with Gasteiger partial charge in [-0.3, -0.25) is 4.79 Å². The van der Waals surface area contributed by atoms with E-state index in [1.165, 1.54) is 29.3 Å². The molecule has 0 saturated heterocycles. The topological polar surface area (TPSA) is 54.0 Å². The predicted molar refractivity (Wildman–Crippen MR) is 97.8 cm³/mol. The van der Waals surface area contributed by atoms with E-state index in [0.717, 1.165) is 11.4 Å². The van der Waals surface area contributed by atoms with E-state index < -0.39 is 11.7 Å². The molecule has 0 spiro atoms. The molecule has 0 radical (unpaired) electrons. The zero-order valence-corrected chi connectivity index (χ0v) is 14.0. The third-order valence-electron chi connectivity index (χ3n) is 3.60. The number of aromatic nitrogens is 1. The number of aryl methyl sites for hydroxylation is 2. The molecule has 2 aromatic carbocycles. The number of rotatable bonds is 4. The first-order valence-corrected chi connectivity index (χ1v) is 7.88. The van der Waals surface area contributed by atoms with Gasteiger partial charge < -0.3 is 10.6 Å². The van der Waals surface area contributed by atoms with Crippen molar-refractivity contribution in [1.29, 1.82) is 0 Å². The zero-order chi connectivity index (χ0) is 17.8. The highest BCUT2D eigenvalue weighted by molar-refractivity contribution is 6.03. The summed E-state index contributed by atoms with van der Waals surface area (Å²) in [6.07, 6.45) is 1.64. The molecule has 2 N–H and O–H groups in total. The number of amides is 1. The second-order valence-electron chi connectivity index (χ2n) is 5.90. The Morgan fingerprint density at radius 3 is 2.36 bits per heavy atom. The highest BCUT2D eigenvalue weighted by Crippen LogP contribution is 2.20. The Labute approximate surface area is 145 Å². The molecule has 1 aromatic heterocycles. The fraction of sp³-hybridized carbons (Fsp3) is 0.100. The van der Waals surface area contributed by atoms with Gasteiger partial charge in [-0.2, -0.15) is 0 Å². The minimum atomic E-state index is -0.450. The van der Waals surface area contributed by atoms with E-state index in [1.807, 2.05) is 32.0 Å². The summed E-state index contributed by atoms with van der Waals surface area (Å²) in [5.74, 6) is -0.448. The van der Waals surface area contributed by atoms with Crippen LogP contribution in [0.25, 0.3) is 0 Å². The number of pyridine rings is 1. The Bertz CT molecular complexity index is 887. The number of hydrogen-bond donors (Lipinski definition) is 2. The van der Waals surface area contributed by atoms with E-state index in [9.17, 15) is 9.18 Å². The molecule has 1 amide bonds. The highest BCUT2D eigenvalue weighted by atomic mass is 19.1. The number of anilines is 3. The summed E-state index contributed by atoms with van der Waals surface area (Å²) < 4.78 is 13.2. The van der Waals surface area contributed by atoms with Crippen LogP contribution in [0.1, 0.15) is 21.5 Å². The molecule has 3 aromatic rings. The first kappa shape index (κ1) is 16.6. The van der Waals surface area contributed by atoms with Gasteiger partial charge in [0.25, 0.3) is 5.91 Å².